The molecule has 0 radical (unpaired) electrons. The molecule has 130 valence electrons. The summed E-state index contributed by atoms with van der Waals surface area (Å²) in [7, 11) is 1.73. The van der Waals surface area contributed by atoms with Crippen LogP contribution >= 0.6 is 0 Å². The molecule has 5 heteroatoms. The summed E-state index contributed by atoms with van der Waals surface area (Å²) >= 11 is 0. The number of hydrogen-bond donors (Lipinski definition) is 1. The summed E-state index contributed by atoms with van der Waals surface area (Å²) < 4.78 is 7.10. The van der Waals surface area contributed by atoms with Crippen LogP contribution in [0.4, 0.5) is 0 Å². The lowest BCUT2D eigenvalue weighted by molar-refractivity contribution is 0.194. The summed E-state index contributed by atoms with van der Waals surface area (Å²) in [6.07, 6.45) is 6.77. The van der Waals surface area contributed by atoms with Crippen LogP contribution < -0.4 is 5.32 Å². The van der Waals surface area contributed by atoms with Crippen molar-refractivity contribution in [1.29, 1.82) is 0 Å². The van der Waals surface area contributed by atoms with Gasteiger partial charge in [0.1, 0.15) is 0 Å². The normalized spacial score (nSPS) is 10.9. The fourth-order valence-electron chi connectivity index (χ4n) is 2.75. The first-order chi connectivity index (χ1) is 12.4. The van der Waals surface area contributed by atoms with Gasteiger partial charge in [-0.05, 0) is 30.7 Å². The average Bonchev–Trinajstić information content (AvgIpc) is 3.06. The van der Waals surface area contributed by atoms with Crippen LogP contribution in [0.5, 0.6) is 0 Å². The van der Waals surface area contributed by atoms with Gasteiger partial charge in [0.05, 0.1) is 12.2 Å². The minimum Gasteiger partial charge on any atom is -0.385 e. The first-order valence-electron chi connectivity index (χ1n) is 8.57. The second kappa shape index (κ2) is 9.11. The Kier molecular flexibility index (Phi) is 6.31. The second-order valence-electron chi connectivity index (χ2n) is 5.95. The van der Waals surface area contributed by atoms with E-state index in [1.165, 1.54) is 11.1 Å². The zero-order valence-corrected chi connectivity index (χ0v) is 14.6. The molecule has 0 saturated heterocycles. The summed E-state index contributed by atoms with van der Waals surface area (Å²) in [5.41, 5.74) is 4.45. The molecule has 25 heavy (non-hydrogen) atoms. The molecule has 1 aromatic carbocycles. The predicted octanol–water partition coefficient (Wildman–Crippen LogP) is 3.12. The van der Waals surface area contributed by atoms with Gasteiger partial charge in [-0.1, -0.05) is 30.3 Å². The van der Waals surface area contributed by atoms with Crippen molar-refractivity contribution in [2.75, 3.05) is 20.3 Å². The third-order valence-electron chi connectivity index (χ3n) is 3.98. The molecule has 0 spiro atoms. The maximum Gasteiger partial charge on any atom is 0.0983 e. The van der Waals surface area contributed by atoms with E-state index in [0.717, 1.165) is 43.9 Å². The van der Waals surface area contributed by atoms with Gasteiger partial charge in [0, 0.05) is 50.0 Å². The van der Waals surface area contributed by atoms with Gasteiger partial charge in [0.2, 0.25) is 0 Å². The third-order valence-corrected chi connectivity index (χ3v) is 3.98. The zero-order valence-electron chi connectivity index (χ0n) is 14.6. The van der Waals surface area contributed by atoms with Gasteiger partial charge in [-0.25, -0.2) is 0 Å². The number of benzene rings is 1. The van der Waals surface area contributed by atoms with Gasteiger partial charge in [-0.2, -0.15) is 5.10 Å². The Bertz CT molecular complexity index is 756. The Morgan fingerprint density at radius 3 is 2.76 bits per heavy atom. The summed E-state index contributed by atoms with van der Waals surface area (Å²) in [6, 6.07) is 14.4. The molecule has 0 aliphatic carbocycles. The maximum absolute atomic E-state index is 5.09. The van der Waals surface area contributed by atoms with E-state index in [9.17, 15) is 0 Å². The van der Waals surface area contributed by atoms with Crippen LogP contribution in [0, 0.1) is 0 Å². The Hall–Kier alpha value is -2.50. The average molecular weight is 336 g/mol. The Labute approximate surface area is 148 Å². The standard InChI is InChI=1S/C20H24N4O/c1-25-12-6-11-22-14-19-16-24(15-17-7-3-2-4-8-17)23-20(19)18-9-5-10-21-13-18/h2-5,7-10,13,16,22H,6,11-12,14-15H2,1H3. The van der Waals surface area contributed by atoms with E-state index in [-0.39, 0.29) is 0 Å². The Morgan fingerprint density at radius 1 is 1.12 bits per heavy atom. The molecule has 0 amide bonds. The number of nitrogens with zero attached hydrogens (tertiary/aromatic N) is 3. The van der Waals surface area contributed by atoms with Crippen LogP contribution in [0.1, 0.15) is 17.5 Å². The third kappa shape index (κ3) is 4.98. The van der Waals surface area contributed by atoms with Crippen molar-refractivity contribution in [3.8, 4) is 11.3 Å². The molecule has 0 aliphatic heterocycles. The highest BCUT2D eigenvalue weighted by molar-refractivity contribution is 5.61. The van der Waals surface area contributed by atoms with Crippen molar-refractivity contribution in [3.05, 3.63) is 72.2 Å². The quantitative estimate of drug-likeness (QED) is 0.610. The van der Waals surface area contributed by atoms with Gasteiger partial charge in [0.25, 0.3) is 0 Å². The highest BCUT2D eigenvalue weighted by Crippen LogP contribution is 2.21. The van der Waals surface area contributed by atoms with Gasteiger partial charge >= 0.3 is 0 Å². The van der Waals surface area contributed by atoms with Crippen LogP contribution in [0.3, 0.4) is 0 Å². The Morgan fingerprint density at radius 2 is 2.00 bits per heavy atom. The number of hydrogen-bond acceptors (Lipinski definition) is 4. The largest absolute Gasteiger partial charge is 0.385 e. The van der Waals surface area contributed by atoms with Crippen molar-refractivity contribution < 1.29 is 4.74 Å². The van der Waals surface area contributed by atoms with Crippen molar-refractivity contribution >= 4 is 0 Å². The van der Waals surface area contributed by atoms with E-state index in [4.69, 9.17) is 9.84 Å². The number of aromatic nitrogens is 3. The smallest absolute Gasteiger partial charge is 0.0983 e. The number of ether oxygens (including phenoxy) is 1. The SMILES string of the molecule is COCCCNCc1cn(Cc2ccccc2)nc1-c1cccnc1. The number of pyridine rings is 1. The van der Waals surface area contributed by atoms with Crippen LogP contribution in [0.25, 0.3) is 11.3 Å². The maximum atomic E-state index is 5.09. The molecule has 3 rings (SSSR count). The minimum absolute atomic E-state index is 0.762. The van der Waals surface area contributed by atoms with E-state index < -0.39 is 0 Å². The van der Waals surface area contributed by atoms with Crippen LogP contribution in [-0.4, -0.2) is 35.0 Å². The van der Waals surface area contributed by atoms with Crippen molar-refractivity contribution in [2.24, 2.45) is 0 Å². The topological polar surface area (TPSA) is 52.0 Å². The summed E-state index contributed by atoms with van der Waals surface area (Å²) in [5.74, 6) is 0. The van der Waals surface area contributed by atoms with Crippen molar-refractivity contribution in [2.45, 2.75) is 19.5 Å². The van der Waals surface area contributed by atoms with E-state index in [1.54, 1.807) is 13.3 Å². The fraction of sp³-hybridized carbons (Fsp3) is 0.300. The molecule has 0 atom stereocenters. The van der Waals surface area contributed by atoms with Crippen molar-refractivity contribution in [3.63, 3.8) is 0 Å². The number of methoxy groups -OCH3 is 1. The second-order valence-corrected chi connectivity index (χ2v) is 5.95. The molecule has 0 saturated carbocycles. The molecule has 0 aliphatic rings. The molecule has 0 fully saturated rings. The molecule has 5 nitrogen and oxygen atoms in total. The summed E-state index contributed by atoms with van der Waals surface area (Å²) in [4.78, 5) is 4.23. The van der Waals surface area contributed by atoms with Crippen LogP contribution in [0.2, 0.25) is 0 Å². The van der Waals surface area contributed by atoms with Gasteiger partial charge in [0.15, 0.2) is 0 Å². The molecule has 2 aromatic heterocycles. The molecule has 1 N–H and O–H groups in total. The lowest BCUT2D eigenvalue weighted by Crippen LogP contribution is -2.16. The summed E-state index contributed by atoms with van der Waals surface area (Å²) in [6.45, 7) is 3.24. The highest BCUT2D eigenvalue weighted by Gasteiger charge is 2.11. The molecule has 2 heterocycles. The zero-order chi connectivity index (χ0) is 17.3. The van der Waals surface area contributed by atoms with Crippen LogP contribution in [-0.2, 0) is 17.8 Å². The predicted molar refractivity (Wildman–Crippen MR) is 99.2 cm³/mol. The first-order valence-corrected chi connectivity index (χ1v) is 8.57. The number of rotatable bonds is 9. The minimum atomic E-state index is 0.762. The van der Waals surface area contributed by atoms with E-state index >= 15 is 0 Å². The molecule has 0 unspecified atom stereocenters. The summed E-state index contributed by atoms with van der Waals surface area (Å²) in [5, 5.41) is 8.27. The lowest BCUT2D eigenvalue weighted by atomic mass is 10.1. The molecular weight excluding hydrogens is 312 g/mol. The van der Waals surface area contributed by atoms with Gasteiger partial charge in [-0.15, -0.1) is 0 Å². The number of nitrogens with one attached hydrogen (secondary N) is 1. The van der Waals surface area contributed by atoms with E-state index in [2.05, 4.69) is 46.8 Å². The molecular formula is C20H24N4O. The van der Waals surface area contributed by atoms with Gasteiger partial charge < -0.3 is 10.1 Å². The van der Waals surface area contributed by atoms with E-state index in [1.807, 2.05) is 23.0 Å². The lowest BCUT2D eigenvalue weighted by Gasteiger charge is -2.04. The van der Waals surface area contributed by atoms with Crippen molar-refractivity contribution in [1.82, 2.24) is 20.1 Å². The highest BCUT2D eigenvalue weighted by atomic mass is 16.5. The Balaban J connectivity index is 1.76. The molecule has 3 aromatic rings. The van der Waals surface area contributed by atoms with Gasteiger partial charge in [-0.3, -0.25) is 9.67 Å². The van der Waals surface area contributed by atoms with Crippen LogP contribution in [0.15, 0.2) is 61.1 Å². The molecule has 0 bridgehead atoms. The first kappa shape index (κ1) is 17.3. The van der Waals surface area contributed by atoms with E-state index in [0.29, 0.717) is 0 Å². The fourth-order valence-corrected chi connectivity index (χ4v) is 2.75. The monoisotopic (exact) mass is 336 g/mol.